The Morgan fingerprint density at radius 3 is 2.79 bits per heavy atom. The van der Waals surface area contributed by atoms with E-state index in [2.05, 4.69) is 15.0 Å². The molecule has 3 rings (SSSR count). The van der Waals surface area contributed by atoms with Gasteiger partial charge in [-0.05, 0) is 30.3 Å². The number of hydrogen-bond donors (Lipinski definition) is 2. The third-order valence-corrected chi connectivity index (χ3v) is 2.70. The molecule has 0 aliphatic heterocycles. The van der Waals surface area contributed by atoms with Gasteiger partial charge in [0.25, 0.3) is 0 Å². The number of aromatic amines is 1. The van der Waals surface area contributed by atoms with E-state index in [1.54, 1.807) is 6.07 Å². The van der Waals surface area contributed by atoms with Crippen molar-refractivity contribution in [3.63, 3.8) is 0 Å². The second-order valence-corrected chi connectivity index (χ2v) is 3.98. The van der Waals surface area contributed by atoms with E-state index < -0.39 is 11.8 Å². The van der Waals surface area contributed by atoms with Gasteiger partial charge in [-0.1, -0.05) is 0 Å². The second-order valence-electron chi connectivity index (χ2n) is 3.98. The number of carboxylic acids is 1. The van der Waals surface area contributed by atoms with Crippen molar-refractivity contribution in [2.24, 2.45) is 0 Å². The summed E-state index contributed by atoms with van der Waals surface area (Å²) in [5, 5.41) is 8.91. The minimum atomic E-state index is -1.00. The summed E-state index contributed by atoms with van der Waals surface area (Å²) in [5.41, 5.74) is 1.90. The monoisotopic (exact) mass is 257 g/mol. The first-order valence-corrected chi connectivity index (χ1v) is 5.48. The van der Waals surface area contributed by atoms with Crippen molar-refractivity contribution in [1.82, 2.24) is 15.0 Å². The summed E-state index contributed by atoms with van der Waals surface area (Å²) in [7, 11) is 0. The zero-order chi connectivity index (χ0) is 13.4. The third kappa shape index (κ3) is 2.03. The van der Waals surface area contributed by atoms with E-state index >= 15 is 0 Å². The lowest BCUT2D eigenvalue weighted by Crippen LogP contribution is -1.94. The molecule has 0 aliphatic rings. The molecule has 5 nitrogen and oxygen atoms in total. The Morgan fingerprint density at radius 2 is 2.11 bits per heavy atom. The van der Waals surface area contributed by atoms with Crippen LogP contribution in [0, 0.1) is 5.82 Å². The highest BCUT2D eigenvalue weighted by Gasteiger charge is 2.09. The first kappa shape index (κ1) is 11.3. The average molecular weight is 257 g/mol. The number of carboxylic acid groups (broad SMARTS) is 1. The molecule has 0 atom stereocenters. The summed E-state index contributed by atoms with van der Waals surface area (Å²) in [6.45, 7) is 0. The van der Waals surface area contributed by atoms with Crippen LogP contribution in [0.2, 0.25) is 0 Å². The normalized spacial score (nSPS) is 10.8. The minimum Gasteiger partial charge on any atom is -0.478 e. The number of aromatic nitrogens is 3. The number of nitrogens with one attached hydrogen (secondary N) is 1. The number of hydrogen-bond acceptors (Lipinski definition) is 3. The Morgan fingerprint density at radius 1 is 1.26 bits per heavy atom. The summed E-state index contributed by atoms with van der Waals surface area (Å²) >= 11 is 0. The predicted octanol–water partition coefficient (Wildman–Crippen LogP) is 2.46. The van der Waals surface area contributed by atoms with Gasteiger partial charge >= 0.3 is 5.97 Å². The van der Waals surface area contributed by atoms with Crippen LogP contribution >= 0.6 is 0 Å². The molecule has 0 saturated heterocycles. The largest absolute Gasteiger partial charge is 0.478 e. The highest BCUT2D eigenvalue weighted by Crippen LogP contribution is 2.19. The smallest absolute Gasteiger partial charge is 0.335 e. The van der Waals surface area contributed by atoms with Crippen LogP contribution in [-0.2, 0) is 0 Å². The van der Waals surface area contributed by atoms with Gasteiger partial charge in [0, 0.05) is 0 Å². The number of nitrogens with zero attached hydrogens (tertiary/aromatic N) is 2. The number of H-pyrrole nitrogens is 1. The number of pyridine rings is 1. The molecule has 2 heterocycles. The summed E-state index contributed by atoms with van der Waals surface area (Å²) < 4.78 is 12.8. The highest BCUT2D eigenvalue weighted by atomic mass is 19.1. The van der Waals surface area contributed by atoms with E-state index in [1.165, 1.54) is 24.3 Å². The fourth-order valence-corrected chi connectivity index (χ4v) is 1.78. The molecule has 0 fully saturated rings. The minimum absolute atomic E-state index is 0.176. The van der Waals surface area contributed by atoms with Crippen molar-refractivity contribution in [3.05, 3.63) is 47.9 Å². The maximum Gasteiger partial charge on any atom is 0.335 e. The first-order valence-electron chi connectivity index (χ1n) is 5.48. The third-order valence-electron chi connectivity index (χ3n) is 2.70. The zero-order valence-corrected chi connectivity index (χ0v) is 9.59. The van der Waals surface area contributed by atoms with Gasteiger partial charge in [0.2, 0.25) is 0 Å². The molecule has 6 heteroatoms. The van der Waals surface area contributed by atoms with Crippen LogP contribution in [0.15, 0.2) is 36.5 Å². The van der Waals surface area contributed by atoms with Crippen LogP contribution in [0.1, 0.15) is 10.4 Å². The van der Waals surface area contributed by atoms with Crippen molar-refractivity contribution < 1.29 is 14.3 Å². The van der Waals surface area contributed by atoms with Gasteiger partial charge in [-0.15, -0.1) is 0 Å². The number of carbonyl (C=O) groups is 1. The zero-order valence-electron chi connectivity index (χ0n) is 9.59. The molecule has 0 unspecified atom stereocenters. The molecule has 2 N–H and O–H groups in total. The quantitative estimate of drug-likeness (QED) is 0.739. The molecule has 0 radical (unpaired) electrons. The number of benzene rings is 1. The van der Waals surface area contributed by atoms with Crippen molar-refractivity contribution in [2.45, 2.75) is 0 Å². The van der Waals surface area contributed by atoms with Crippen LogP contribution in [0.4, 0.5) is 4.39 Å². The molecule has 3 aromatic rings. The molecule has 0 amide bonds. The summed E-state index contributed by atoms with van der Waals surface area (Å²) in [4.78, 5) is 22.0. The number of imidazole rings is 1. The fourth-order valence-electron chi connectivity index (χ4n) is 1.78. The summed E-state index contributed by atoms with van der Waals surface area (Å²) in [6, 6.07) is 7.39. The van der Waals surface area contributed by atoms with Crippen molar-refractivity contribution in [2.75, 3.05) is 0 Å². The fraction of sp³-hybridized carbons (Fsp3) is 0. The second kappa shape index (κ2) is 4.16. The Labute approximate surface area is 106 Å². The number of aromatic carboxylic acids is 1. The van der Waals surface area contributed by atoms with Crippen LogP contribution in [-0.4, -0.2) is 26.0 Å². The van der Waals surface area contributed by atoms with E-state index in [-0.39, 0.29) is 5.56 Å². The Hall–Kier alpha value is -2.76. The van der Waals surface area contributed by atoms with Gasteiger partial charge in [-0.3, -0.25) is 0 Å². The molecule has 0 saturated carbocycles. The maximum atomic E-state index is 12.8. The molecule has 1 aromatic carbocycles. The van der Waals surface area contributed by atoms with Gasteiger partial charge in [-0.25, -0.2) is 19.2 Å². The van der Waals surface area contributed by atoms with Crippen LogP contribution in [0.3, 0.4) is 0 Å². The molecule has 19 heavy (non-hydrogen) atoms. The van der Waals surface area contributed by atoms with Crippen molar-refractivity contribution in [3.8, 4) is 11.5 Å². The number of fused-ring (bicyclic) bond motifs is 1. The number of halogens is 1. The molecule has 2 aromatic heterocycles. The Balaban J connectivity index is 2.11. The molecule has 94 valence electrons. The summed E-state index contributed by atoms with van der Waals surface area (Å²) in [5.74, 6) is -0.955. The van der Waals surface area contributed by atoms with E-state index in [1.807, 2.05) is 0 Å². The lowest BCUT2D eigenvalue weighted by Gasteiger charge is -1.94. The first-order chi connectivity index (χ1) is 9.13. The van der Waals surface area contributed by atoms with Gasteiger partial charge in [0.15, 0.2) is 5.82 Å². The van der Waals surface area contributed by atoms with E-state index in [9.17, 15) is 9.18 Å². The van der Waals surface area contributed by atoms with Crippen LogP contribution < -0.4 is 0 Å². The highest BCUT2D eigenvalue weighted by molar-refractivity contribution is 5.92. The van der Waals surface area contributed by atoms with E-state index in [0.717, 1.165) is 6.20 Å². The van der Waals surface area contributed by atoms with Gasteiger partial charge < -0.3 is 10.1 Å². The van der Waals surface area contributed by atoms with Crippen molar-refractivity contribution in [1.29, 1.82) is 0 Å². The van der Waals surface area contributed by atoms with Crippen LogP contribution in [0.5, 0.6) is 0 Å². The molecule has 0 spiro atoms. The van der Waals surface area contributed by atoms with Gasteiger partial charge in [-0.2, -0.15) is 0 Å². The SMILES string of the molecule is O=C(O)c1ccc2nc(-c3ccc(F)cn3)[nH]c2c1. The van der Waals surface area contributed by atoms with Crippen molar-refractivity contribution >= 4 is 17.0 Å². The van der Waals surface area contributed by atoms with Crippen LogP contribution in [0.25, 0.3) is 22.6 Å². The Bertz CT molecular complexity index is 765. The lowest BCUT2D eigenvalue weighted by molar-refractivity contribution is 0.0697. The summed E-state index contributed by atoms with van der Waals surface area (Å²) in [6.07, 6.45) is 1.10. The van der Waals surface area contributed by atoms with E-state index in [4.69, 9.17) is 5.11 Å². The lowest BCUT2D eigenvalue weighted by atomic mass is 10.2. The molecule has 0 bridgehead atoms. The molecular formula is C13H8FN3O2. The topological polar surface area (TPSA) is 78.9 Å². The average Bonchev–Trinajstić information content (AvgIpc) is 2.82. The standard InChI is InChI=1S/C13H8FN3O2/c14-8-2-4-10(15-6-8)12-16-9-3-1-7(13(18)19)5-11(9)17-12/h1-6H,(H,16,17)(H,18,19). The molecule has 0 aliphatic carbocycles. The Kier molecular flexibility index (Phi) is 2.49. The van der Waals surface area contributed by atoms with E-state index in [0.29, 0.717) is 22.6 Å². The number of rotatable bonds is 2. The van der Waals surface area contributed by atoms with Gasteiger partial charge in [0.1, 0.15) is 11.5 Å². The molecular weight excluding hydrogens is 249 g/mol. The predicted molar refractivity (Wildman–Crippen MR) is 66.2 cm³/mol. The maximum absolute atomic E-state index is 12.8. The van der Waals surface area contributed by atoms with Gasteiger partial charge in [0.05, 0.1) is 22.8 Å².